The molecule has 108 valence electrons. The second-order valence-corrected chi connectivity index (χ2v) is 4.18. The largest absolute Gasteiger partial charge is 0.441 e. The van der Waals surface area contributed by atoms with E-state index < -0.39 is 25.2 Å². The van der Waals surface area contributed by atoms with E-state index in [4.69, 9.17) is 4.42 Å². The van der Waals surface area contributed by atoms with Crippen molar-refractivity contribution in [3.05, 3.63) is 24.1 Å². The second kappa shape index (κ2) is 5.49. The maximum Gasteiger partial charge on any atom is 0.401 e. The highest BCUT2D eigenvalue weighted by Gasteiger charge is 2.26. The van der Waals surface area contributed by atoms with Crippen LogP contribution in [0.2, 0.25) is 0 Å². The number of carbonyl (C=O) groups is 1. The van der Waals surface area contributed by atoms with E-state index in [9.17, 15) is 18.0 Å². The van der Waals surface area contributed by atoms with Gasteiger partial charge in [0, 0.05) is 12.6 Å². The number of halogens is 3. The molecule has 1 aromatic carbocycles. The summed E-state index contributed by atoms with van der Waals surface area (Å²) in [6, 6.07) is 4.82. The molecule has 1 amide bonds. The number of alkyl halides is 3. The van der Waals surface area contributed by atoms with E-state index in [1.54, 1.807) is 25.1 Å². The van der Waals surface area contributed by atoms with Gasteiger partial charge in [0.25, 0.3) is 0 Å². The molecule has 0 fully saturated rings. The number of aromatic nitrogens is 1. The summed E-state index contributed by atoms with van der Waals surface area (Å²) < 4.78 is 41.0. The smallest absolute Gasteiger partial charge is 0.401 e. The zero-order valence-electron chi connectivity index (χ0n) is 10.5. The van der Waals surface area contributed by atoms with Crippen LogP contribution in [0.15, 0.2) is 22.6 Å². The molecule has 0 spiro atoms. The summed E-state index contributed by atoms with van der Waals surface area (Å²) >= 11 is 0. The molecule has 1 heterocycles. The fourth-order valence-corrected chi connectivity index (χ4v) is 1.64. The molecule has 0 atom stereocenters. The number of nitrogens with one attached hydrogen (secondary N) is 2. The molecule has 0 aliphatic heterocycles. The monoisotopic (exact) mass is 287 g/mol. The van der Waals surface area contributed by atoms with Crippen LogP contribution < -0.4 is 10.6 Å². The van der Waals surface area contributed by atoms with Gasteiger partial charge in [-0.15, -0.1) is 0 Å². The van der Waals surface area contributed by atoms with Gasteiger partial charge in [0.05, 0.1) is 13.1 Å². The number of rotatable bonds is 4. The van der Waals surface area contributed by atoms with Gasteiger partial charge < -0.3 is 15.1 Å². The van der Waals surface area contributed by atoms with Crippen molar-refractivity contribution < 1.29 is 22.4 Å². The number of oxazole rings is 1. The van der Waals surface area contributed by atoms with Crippen molar-refractivity contribution in [1.29, 1.82) is 0 Å². The predicted molar refractivity (Wildman–Crippen MR) is 66.3 cm³/mol. The van der Waals surface area contributed by atoms with E-state index in [1.165, 1.54) is 0 Å². The summed E-state index contributed by atoms with van der Waals surface area (Å²) in [5, 5.41) is 4.49. The van der Waals surface area contributed by atoms with Gasteiger partial charge in [-0.1, -0.05) is 0 Å². The van der Waals surface area contributed by atoms with Crippen LogP contribution in [0, 0.1) is 6.92 Å². The number of nitrogens with zero attached hydrogens (tertiary/aromatic N) is 1. The predicted octanol–water partition coefficient (Wildman–Crippen LogP) is 2.23. The molecular weight excluding hydrogens is 275 g/mol. The first-order valence-electron chi connectivity index (χ1n) is 5.78. The third-order valence-electron chi connectivity index (χ3n) is 2.39. The minimum atomic E-state index is -4.34. The SMILES string of the molecule is Cc1nc2cc(NC(=O)CNCC(F)(F)F)ccc2o1. The van der Waals surface area contributed by atoms with Gasteiger partial charge in [0.2, 0.25) is 5.91 Å². The lowest BCUT2D eigenvalue weighted by molar-refractivity contribution is -0.126. The van der Waals surface area contributed by atoms with E-state index in [0.717, 1.165) is 0 Å². The number of fused-ring (bicyclic) bond motifs is 1. The quantitative estimate of drug-likeness (QED) is 0.905. The van der Waals surface area contributed by atoms with Crippen LogP contribution in [0.25, 0.3) is 11.1 Å². The molecule has 0 saturated heterocycles. The molecule has 0 saturated carbocycles. The third-order valence-corrected chi connectivity index (χ3v) is 2.39. The molecule has 0 unspecified atom stereocenters. The van der Waals surface area contributed by atoms with Crippen LogP contribution >= 0.6 is 0 Å². The highest BCUT2D eigenvalue weighted by molar-refractivity contribution is 5.94. The van der Waals surface area contributed by atoms with Crippen LogP contribution in [0.3, 0.4) is 0 Å². The van der Waals surface area contributed by atoms with Crippen molar-refractivity contribution in [3.8, 4) is 0 Å². The maximum atomic E-state index is 11.9. The molecule has 20 heavy (non-hydrogen) atoms. The lowest BCUT2D eigenvalue weighted by Gasteiger charge is -2.08. The molecule has 0 radical (unpaired) electrons. The summed E-state index contributed by atoms with van der Waals surface area (Å²) in [6.45, 7) is 0.0661. The van der Waals surface area contributed by atoms with Gasteiger partial charge in [0.1, 0.15) is 5.52 Å². The summed E-state index contributed by atoms with van der Waals surface area (Å²) in [5.74, 6) is -0.0656. The van der Waals surface area contributed by atoms with Crippen molar-refractivity contribution in [3.63, 3.8) is 0 Å². The Labute approximate surface area is 112 Å². The van der Waals surface area contributed by atoms with E-state index >= 15 is 0 Å². The van der Waals surface area contributed by atoms with Gasteiger partial charge in [-0.05, 0) is 18.2 Å². The fraction of sp³-hybridized carbons (Fsp3) is 0.333. The van der Waals surface area contributed by atoms with Gasteiger partial charge in [0.15, 0.2) is 11.5 Å². The number of benzene rings is 1. The third kappa shape index (κ3) is 3.95. The Bertz CT molecular complexity index is 622. The van der Waals surface area contributed by atoms with Crippen LogP contribution in [-0.2, 0) is 4.79 Å². The van der Waals surface area contributed by atoms with Gasteiger partial charge in [-0.2, -0.15) is 13.2 Å². The topological polar surface area (TPSA) is 67.2 Å². The highest BCUT2D eigenvalue weighted by Crippen LogP contribution is 2.19. The summed E-state index contributed by atoms with van der Waals surface area (Å²) in [5.41, 5.74) is 1.60. The summed E-state index contributed by atoms with van der Waals surface area (Å²) in [7, 11) is 0. The lowest BCUT2D eigenvalue weighted by atomic mass is 10.3. The van der Waals surface area contributed by atoms with E-state index in [-0.39, 0.29) is 0 Å². The van der Waals surface area contributed by atoms with Gasteiger partial charge >= 0.3 is 6.18 Å². The zero-order chi connectivity index (χ0) is 14.8. The van der Waals surface area contributed by atoms with Crippen LogP contribution in [-0.4, -0.2) is 30.2 Å². The number of hydrogen-bond acceptors (Lipinski definition) is 4. The molecule has 1 aromatic heterocycles. The van der Waals surface area contributed by atoms with E-state index in [0.29, 0.717) is 22.7 Å². The normalized spacial score (nSPS) is 11.8. The number of anilines is 1. The average Bonchev–Trinajstić information content (AvgIpc) is 2.66. The maximum absolute atomic E-state index is 11.9. The second-order valence-electron chi connectivity index (χ2n) is 4.18. The number of hydrogen-bond donors (Lipinski definition) is 2. The minimum Gasteiger partial charge on any atom is -0.441 e. The number of aryl methyl sites for hydroxylation is 1. The van der Waals surface area contributed by atoms with Crippen molar-refractivity contribution in [1.82, 2.24) is 10.3 Å². The Kier molecular flexibility index (Phi) is 3.93. The van der Waals surface area contributed by atoms with Crippen molar-refractivity contribution in [2.75, 3.05) is 18.4 Å². The molecule has 2 N–H and O–H groups in total. The Hall–Kier alpha value is -2.09. The first kappa shape index (κ1) is 14.3. The standard InChI is InChI=1S/C12H12F3N3O2/c1-7-17-9-4-8(2-3-10(9)20-7)18-11(19)5-16-6-12(13,14)15/h2-4,16H,5-6H2,1H3,(H,18,19). The van der Waals surface area contributed by atoms with Gasteiger partial charge in [-0.25, -0.2) is 4.98 Å². The Balaban J connectivity index is 1.92. The molecule has 0 aliphatic rings. The summed E-state index contributed by atoms with van der Waals surface area (Å²) in [4.78, 5) is 15.5. The van der Waals surface area contributed by atoms with Crippen molar-refractivity contribution in [2.45, 2.75) is 13.1 Å². The molecule has 2 aromatic rings. The first-order chi connectivity index (χ1) is 9.33. The molecule has 5 nitrogen and oxygen atoms in total. The highest BCUT2D eigenvalue weighted by atomic mass is 19.4. The van der Waals surface area contributed by atoms with E-state index in [2.05, 4.69) is 10.3 Å². The molecule has 0 bridgehead atoms. The molecule has 8 heteroatoms. The minimum absolute atomic E-state index is 0.421. The fourth-order valence-electron chi connectivity index (χ4n) is 1.64. The molecular formula is C12H12F3N3O2. The molecule has 0 aliphatic carbocycles. The van der Waals surface area contributed by atoms with Crippen LogP contribution in [0.1, 0.15) is 5.89 Å². The number of carbonyl (C=O) groups excluding carboxylic acids is 1. The van der Waals surface area contributed by atoms with E-state index in [1.807, 2.05) is 5.32 Å². The molecule has 2 rings (SSSR count). The van der Waals surface area contributed by atoms with Crippen molar-refractivity contribution in [2.24, 2.45) is 0 Å². The van der Waals surface area contributed by atoms with Crippen LogP contribution in [0.4, 0.5) is 18.9 Å². The Morgan fingerprint density at radius 1 is 1.40 bits per heavy atom. The van der Waals surface area contributed by atoms with Gasteiger partial charge in [-0.3, -0.25) is 4.79 Å². The Morgan fingerprint density at radius 2 is 2.15 bits per heavy atom. The Morgan fingerprint density at radius 3 is 2.85 bits per heavy atom. The van der Waals surface area contributed by atoms with Crippen LogP contribution in [0.5, 0.6) is 0 Å². The zero-order valence-corrected chi connectivity index (χ0v) is 10.5. The summed E-state index contributed by atoms with van der Waals surface area (Å²) in [6.07, 6.45) is -4.34. The number of amides is 1. The first-order valence-corrected chi connectivity index (χ1v) is 5.78. The van der Waals surface area contributed by atoms with Crippen molar-refractivity contribution >= 4 is 22.7 Å². The lowest BCUT2D eigenvalue weighted by Crippen LogP contribution is -2.35. The average molecular weight is 287 g/mol.